The molecule has 0 saturated carbocycles. The van der Waals surface area contributed by atoms with Gasteiger partial charge in [0.1, 0.15) is 0 Å². The van der Waals surface area contributed by atoms with Crippen LogP contribution in [0.15, 0.2) is 28.7 Å². The van der Waals surface area contributed by atoms with Crippen LogP contribution in [0.1, 0.15) is 37.8 Å². The Labute approximate surface area is 118 Å². The minimum absolute atomic E-state index is 0.212. The highest BCUT2D eigenvalue weighted by Gasteiger charge is 2.24. The largest absolute Gasteiger partial charge is 0.406 e. The first-order valence-electron chi connectivity index (χ1n) is 7.11. The zero-order chi connectivity index (χ0) is 14.1. The van der Waals surface area contributed by atoms with Crippen LogP contribution in [0.5, 0.6) is 0 Å². The lowest BCUT2D eigenvalue weighted by atomic mass is 10.0. The van der Waals surface area contributed by atoms with E-state index in [-0.39, 0.29) is 12.0 Å². The summed E-state index contributed by atoms with van der Waals surface area (Å²) in [4.78, 5) is 2.09. The summed E-state index contributed by atoms with van der Waals surface area (Å²) in [6.07, 6.45) is 2.18. The monoisotopic (exact) mass is 272 g/mol. The van der Waals surface area contributed by atoms with Crippen molar-refractivity contribution >= 4 is 11.7 Å². The van der Waals surface area contributed by atoms with Crippen molar-refractivity contribution in [2.24, 2.45) is 11.7 Å². The Morgan fingerprint density at radius 2 is 2.05 bits per heavy atom. The fraction of sp³-hybridized carbons (Fsp3) is 0.467. The molecule has 1 aromatic carbocycles. The van der Waals surface area contributed by atoms with Crippen molar-refractivity contribution in [1.82, 2.24) is 10.2 Å². The predicted molar refractivity (Wildman–Crippen MR) is 77.8 cm³/mol. The molecule has 20 heavy (non-hydrogen) atoms. The standard InChI is InChI=1S/C15H20N4O/c1-10(2)13(16)14-17-18-15(20-14)19-9-5-7-11-6-3-4-8-12(11)19/h3-4,6,8,10,13H,5,7,9,16H2,1-2H3. The minimum atomic E-state index is -0.212. The number of nitrogens with zero attached hydrogens (tertiary/aromatic N) is 3. The highest BCUT2D eigenvalue weighted by Crippen LogP contribution is 2.33. The summed E-state index contributed by atoms with van der Waals surface area (Å²) in [6.45, 7) is 4.99. The number of benzene rings is 1. The summed E-state index contributed by atoms with van der Waals surface area (Å²) in [5.41, 5.74) is 8.55. The molecule has 3 rings (SSSR count). The maximum Gasteiger partial charge on any atom is 0.322 e. The van der Waals surface area contributed by atoms with Gasteiger partial charge in [-0.2, -0.15) is 0 Å². The third-order valence-corrected chi connectivity index (χ3v) is 3.77. The van der Waals surface area contributed by atoms with Crippen molar-refractivity contribution in [3.63, 3.8) is 0 Å². The Hall–Kier alpha value is -1.88. The molecule has 5 nitrogen and oxygen atoms in total. The normalized spacial score (nSPS) is 16.3. The van der Waals surface area contributed by atoms with Crippen LogP contribution in [0, 0.1) is 5.92 Å². The van der Waals surface area contributed by atoms with E-state index >= 15 is 0 Å². The molecular weight excluding hydrogens is 252 g/mol. The zero-order valence-electron chi connectivity index (χ0n) is 11.9. The van der Waals surface area contributed by atoms with E-state index in [1.807, 2.05) is 19.9 Å². The van der Waals surface area contributed by atoms with Crippen molar-refractivity contribution in [2.45, 2.75) is 32.7 Å². The summed E-state index contributed by atoms with van der Waals surface area (Å²) in [5, 5.41) is 8.27. The number of aromatic nitrogens is 2. The van der Waals surface area contributed by atoms with E-state index in [4.69, 9.17) is 10.2 Å². The Bertz CT molecular complexity index is 593. The van der Waals surface area contributed by atoms with Gasteiger partial charge in [0, 0.05) is 12.2 Å². The second-order valence-corrected chi connectivity index (χ2v) is 5.58. The number of nitrogens with two attached hydrogens (primary N) is 1. The van der Waals surface area contributed by atoms with Gasteiger partial charge >= 0.3 is 6.01 Å². The summed E-state index contributed by atoms with van der Waals surface area (Å²) in [7, 11) is 0. The Balaban J connectivity index is 1.91. The number of hydrogen-bond donors (Lipinski definition) is 1. The van der Waals surface area contributed by atoms with Gasteiger partial charge in [0.15, 0.2) is 0 Å². The van der Waals surface area contributed by atoms with Gasteiger partial charge in [0.25, 0.3) is 0 Å². The van der Waals surface area contributed by atoms with Gasteiger partial charge in [-0.3, -0.25) is 4.90 Å². The molecule has 1 aliphatic heterocycles. The minimum Gasteiger partial charge on any atom is -0.406 e. The number of aryl methyl sites for hydroxylation is 1. The van der Waals surface area contributed by atoms with Crippen LogP contribution in [-0.4, -0.2) is 16.7 Å². The average molecular weight is 272 g/mol. The Morgan fingerprint density at radius 1 is 1.25 bits per heavy atom. The lowest BCUT2D eigenvalue weighted by Crippen LogP contribution is -2.24. The second kappa shape index (κ2) is 5.25. The fourth-order valence-electron chi connectivity index (χ4n) is 2.49. The number of rotatable bonds is 3. The average Bonchev–Trinajstić information content (AvgIpc) is 2.95. The molecule has 1 aromatic heterocycles. The van der Waals surface area contributed by atoms with Gasteiger partial charge in [-0.25, -0.2) is 0 Å². The van der Waals surface area contributed by atoms with Crippen molar-refractivity contribution in [3.05, 3.63) is 35.7 Å². The number of para-hydroxylation sites is 1. The Kier molecular flexibility index (Phi) is 3.44. The Morgan fingerprint density at radius 3 is 2.85 bits per heavy atom. The summed E-state index contributed by atoms with van der Waals surface area (Å²) in [5.74, 6) is 0.787. The lowest BCUT2D eigenvalue weighted by Gasteiger charge is -2.27. The molecular formula is C15H20N4O. The van der Waals surface area contributed by atoms with E-state index in [1.54, 1.807) is 0 Å². The molecule has 0 radical (unpaired) electrons. The van der Waals surface area contributed by atoms with E-state index in [0.717, 1.165) is 25.1 Å². The molecule has 0 fully saturated rings. The van der Waals surface area contributed by atoms with E-state index in [1.165, 1.54) is 5.56 Å². The van der Waals surface area contributed by atoms with Crippen molar-refractivity contribution in [2.75, 3.05) is 11.4 Å². The van der Waals surface area contributed by atoms with E-state index in [0.29, 0.717) is 11.9 Å². The second-order valence-electron chi connectivity index (χ2n) is 5.58. The van der Waals surface area contributed by atoms with E-state index in [2.05, 4.69) is 33.3 Å². The molecule has 0 bridgehead atoms. The molecule has 0 spiro atoms. The molecule has 1 aliphatic rings. The zero-order valence-corrected chi connectivity index (χ0v) is 11.9. The van der Waals surface area contributed by atoms with Crippen LogP contribution < -0.4 is 10.6 Å². The topological polar surface area (TPSA) is 68.2 Å². The van der Waals surface area contributed by atoms with Gasteiger partial charge in [-0.05, 0) is 30.4 Å². The third kappa shape index (κ3) is 2.29. The molecule has 2 N–H and O–H groups in total. The number of hydrogen-bond acceptors (Lipinski definition) is 5. The molecule has 106 valence electrons. The van der Waals surface area contributed by atoms with Gasteiger partial charge in [0.2, 0.25) is 5.89 Å². The maximum atomic E-state index is 6.06. The fourth-order valence-corrected chi connectivity index (χ4v) is 2.49. The summed E-state index contributed by atoms with van der Waals surface area (Å²) < 4.78 is 5.78. The highest BCUT2D eigenvalue weighted by molar-refractivity contribution is 5.62. The quantitative estimate of drug-likeness (QED) is 0.930. The van der Waals surface area contributed by atoms with Crippen LogP contribution in [0.25, 0.3) is 0 Å². The van der Waals surface area contributed by atoms with Gasteiger partial charge in [0.05, 0.1) is 6.04 Å². The molecule has 1 unspecified atom stereocenters. The first kappa shape index (κ1) is 13.1. The van der Waals surface area contributed by atoms with Crippen LogP contribution >= 0.6 is 0 Å². The molecule has 1 atom stereocenters. The summed E-state index contributed by atoms with van der Waals surface area (Å²) >= 11 is 0. The van der Waals surface area contributed by atoms with Gasteiger partial charge < -0.3 is 10.2 Å². The van der Waals surface area contributed by atoms with Crippen molar-refractivity contribution in [3.8, 4) is 0 Å². The first-order chi connectivity index (χ1) is 9.66. The molecule has 2 aromatic rings. The predicted octanol–water partition coefficient (Wildman–Crippen LogP) is 2.81. The third-order valence-electron chi connectivity index (χ3n) is 3.77. The van der Waals surface area contributed by atoms with Crippen molar-refractivity contribution in [1.29, 1.82) is 0 Å². The van der Waals surface area contributed by atoms with Gasteiger partial charge in [-0.1, -0.05) is 37.1 Å². The first-order valence-corrected chi connectivity index (χ1v) is 7.11. The molecule has 0 aliphatic carbocycles. The van der Waals surface area contributed by atoms with Gasteiger partial charge in [-0.15, -0.1) is 5.10 Å². The highest BCUT2D eigenvalue weighted by atomic mass is 16.4. The summed E-state index contributed by atoms with van der Waals surface area (Å²) in [6, 6.07) is 8.68. The van der Waals surface area contributed by atoms with Crippen molar-refractivity contribution < 1.29 is 4.42 Å². The number of fused-ring (bicyclic) bond motifs is 1. The van der Waals surface area contributed by atoms with Crippen LogP contribution in [-0.2, 0) is 6.42 Å². The van der Waals surface area contributed by atoms with Crippen LogP contribution in [0.3, 0.4) is 0 Å². The van der Waals surface area contributed by atoms with E-state index < -0.39 is 0 Å². The lowest BCUT2D eigenvalue weighted by molar-refractivity contribution is 0.390. The SMILES string of the molecule is CC(C)C(N)c1nnc(N2CCCc3ccccc32)o1. The van der Waals surface area contributed by atoms with Crippen LogP contribution in [0.2, 0.25) is 0 Å². The molecule has 5 heteroatoms. The molecule has 0 saturated heterocycles. The van der Waals surface area contributed by atoms with Crippen LogP contribution in [0.4, 0.5) is 11.7 Å². The molecule has 2 heterocycles. The van der Waals surface area contributed by atoms with E-state index in [9.17, 15) is 0 Å². The smallest absolute Gasteiger partial charge is 0.322 e. The number of anilines is 2. The maximum absolute atomic E-state index is 6.06. The molecule has 0 amide bonds.